The molecule has 1 aliphatic heterocycles. The van der Waals surface area contributed by atoms with Crippen molar-refractivity contribution in [1.82, 2.24) is 14.0 Å². The molecule has 1 fully saturated rings. The number of hydrogen-bond acceptors (Lipinski definition) is 4. The van der Waals surface area contributed by atoms with Gasteiger partial charge in [-0.3, -0.25) is 5.41 Å². The van der Waals surface area contributed by atoms with Crippen molar-refractivity contribution in [2.75, 3.05) is 19.6 Å². The van der Waals surface area contributed by atoms with E-state index in [0.717, 1.165) is 37.2 Å². The summed E-state index contributed by atoms with van der Waals surface area (Å²) in [5, 5.41) is 19.1. The van der Waals surface area contributed by atoms with Gasteiger partial charge in [0.15, 0.2) is 0 Å². The number of aliphatic hydroxyl groups is 1. The van der Waals surface area contributed by atoms with Crippen LogP contribution in [-0.2, 0) is 13.1 Å². The van der Waals surface area contributed by atoms with Gasteiger partial charge in [0.2, 0.25) is 5.62 Å². The third-order valence-electron chi connectivity index (χ3n) is 5.04. The summed E-state index contributed by atoms with van der Waals surface area (Å²) in [6.07, 6.45) is 3.34. The molecule has 1 unspecified atom stereocenters. The zero-order valence-electron chi connectivity index (χ0n) is 15.1. The number of imidazole rings is 1. The highest BCUT2D eigenvalue weighted by Gasteiger charge is 2.18. The lowest BCUT2D eigenvalue weighted by Gasteiger charge is -2.15. The van der Waals surface area contributed by atoms with E-state index in [9.17, 15) is 5.11 Å². The molecule has 1 aromatic carbocycles. The normalized spacial score (nSPS) is 15.4. The highest BCUT2D eigenvalue weighted by atomic mass is 35.5. The second-order valence-corrected chi connectivity index (χ2v) is 6.65. The lowest BCUT2D eigenvalue weighted by atomic mass is 10.2. The van der Waals surface area contributed by atoms with Crippen LogP contribution < -0.4 is 5.62 Å². The summed E-state index contributed by atoms with van der Waals surface area (Å²) < 4.78 is 9.21. The van der Waals surface area contributed by atoms with Gasteiger partial charge in [-0.1, -0.05) is 12.1 Å². The number of para-hydroxylation sites is 2. The van der Waals surface area contributed by atoms with Crippen molar-refractivity contribution in [3.05, 3.63) is 54.0 Å². The fourth-order valence-electron chi connectivity index (χ4n) is 3.70. The predicted octanol–water partition coefficient (Wildman–Crippen LogP) is 3.19. The number of fused-ring (bicyclic) bond motifs is 1. The van der Waals surface area contributed by atoms with Gasteiger partial charge in [0.1, 0.15) is 11.9 Å². The number of halogens is 2. The molecule has 1 aliphatic rings. The fourth-order valence-corrected chi connectivity index (χ4v) is 3.70. The largest absolute Gasteiger partial charge is 0.467 e. The van der Waals surface area contributed by atoms with Crippen LogP contribution in [0, 0.1) is 5.41 Å². The van der Waals surface area contributed by atoms with Crippen molar-refractivity contribution >= 4 is 35.8 Å². The van der Waals surface area contributed by atoms with Gasteiger partial charge in [-0.2, -0.15) is 0 Å². The maximum absolute atomic E-state index is 10.4. The SMILES string of the molecule is Cl.Cl.N=c1n(CCN2CCCC2)c2ccccc2n1CC(O)c1ccco1. The molecule has 0 radical (unpaired) electrons. The molecule has 6 nitrogen and oxygen atoms in total. The molecular weight excluding hydrogens is 387 g/mol. The molecular formula is C19H26Cl2N4O2. The summed E-state index contributed by atoms with van der Waals surface area (Å²) in [7, 11) is 0. The number of hydrogen-bond donors (Lipinski definition) is 2. The average Bonchev–Trinajstić information content (AvgIpc) is 3.36. The minimum atomic E-state index is -0.762. The molecule has 0 spiro atoms. The van der Waals surface area contributed by atoms with Crippen molar-refractivity contribution in [3.8, 4) is 0 Å². The summed E-state index contributed by atoms with van der Waals surface area (Å²) in [4.78, 5) is 2.45. The molecule has 2 N–H and O–H groups in total. The third kappa shape index (κ3) is 4.41. The fraction of sp³-hybridized carbons (Fsp3) is 0.421. The van der Waals surface area contributed by atoms with Crippen LogP contribution in [-0.4, -0.2) is 38.8 Å². The minimum absolute atomic E-state index is 0. The molecule has 8 heteroatoms. The Morgan fingerprint density at radius 1 is 0.963 bits per heavy atom. The van der Waals surface area contributed by atoms with Gasteiger partial charge in [0, 0.05) is 13.1 Å². The lowest BCUT2D eigenvalue weighted by Crippen LogP contribution is -2.31. The Morgan fingerprint density at radius 2 is 1.63 bits per heavy atom. The van der Waals surface area contributed by atoms with Crippen molar-refractivity contribution in [2.24, 2.45) is 0 Å². The highest BCUT2D eigenvalue weighted by Crippen LogP contribution is 2.19. The Balaban J connectivity index is 0.00000131. The zero-order valence-corrected chi connectivity index (χ0v) is 16.7. The number of nitrogens with one attached hydrogen (secondary N) is 1. The molecule has 1 saturated heterocycles. The maximum Gasteiger partial charge on any atom is 0.203 e. The van der Waals surface area contributed by atoms with Crippen LogP contribution in [0.4, 0.5) is 0 Å². The first-order valence-electron chi connectivity index (χ1n) is 8.90. The van der Waals surface area contributed by atoms with Crippen LogP contribution in [0.25, 0.3) is 11.0 Å². The molecule has 2 aromatic heterocycles. The standard InChI is InChI=1S/C19H24N4O2.2ClH/c20-19-22(12-11-21-9-3-4-10-21)15-6-1-2-7-16(15)23(19)14-17(24)18-8-5-13-25-18;;/h1-2,5-8,13,17,20,24H,3-4,9-12,14H2;2*1H. The predicted molar refractivity (Wildman–Crippen MR) is 110 cm³/mol. The van der Waals surface area contributed by atoms with Gasteiger partial charge in [-0.15, -0.1) is 24.8 Å². The van der Waals surface area contributed by atoms with Crippen LogP contribution in [0.1, 0.15) is 24.7 Å². The van der Waals surface area contributed by atoms with E-state index in [4.69, 9.17) is 9.83 Å². The van der Waals surface area contributed by atoms with E-state index in [1.54, 1.807) is 18.4 Å². The first-order chi connectivity index (χ1) is 12.2. The van der Waals surface area contributed by atoms with Crippen LogP contribution in [0.3, 0.4) is 0 Å². The summed E-state index contributed by atoms with van der Waals surface area (Å²) in [5.74, 6) is 0.529. The Hall–Kier alpha value is -1.73. The van der Waals surface area contributed by atoms with Crippen molar-refractivity contribution in [3.63, 3.8) is 0 Å². The van der Waals surface area contributed by atoms with E-state index in [1.165, 1.54) is 12.8 Å². The Bertz CT molecular complexity index is 898. The number of nitrogens with zero attached hydrogens (tertiary/aromatic N) is 3. The Morgan fingerprint density at radius 3 is 2.26 bits per heavy atom. The van der Waals surface area contributed by atoms with Gasteiger partial charge in [0.25, 0.3) is 0 Å². The van der Waals surface area contributed by atoms with E-state index in [0.29, 0.717) is 17.9 Å². The van der Waals surface area contributed by atoms with Gasteiger partial charge in [-0.25, -0.2) is 0 Å². The number of benzene rings is 1. The summed E-state index contributed by atoms with van der Waals surface area (Å²) in [6.45, 7) is 4.38. The van der Waals surface area contributed by atoms with Gasteiger partial charge >= 0.3 is 0 Å². The first kappa shape index (κ1) is 21.6. The van der Waals surface area contributed by atoms with Crippen molar-refractivity contribution < 1.29 is 9.52 Å². The Kier molecular flexibility index (Phi) is 7.56. The highest BCUT2D eigenvalue weighted by molar-refractivity contribution is 5.85. The smallest absolute Gasteiger partial charge is 0.203 e. The third-order valence-corrected chi connectivity index (χ3v) is 5.04. The van der Waals surface area contributed by atoms with Gasteiger partial charge in [-0.05, 0) is 50.2 Å². The minimum Gasteiger partial charge on any atom is -0.467 e. The zero-order chi connectivity index (χ0) is 17.2. The van der Waals surface area contributed by atoms with E-state index in [-0.39, 0.29) is 24.8 Å². The summed E-state index contributed by atoms with van der Waals surface area (Å²) in [6, 6.07) is 11.6. The second-order valence-electron chi connectivity index (χ2n) is 6.65. The van der Waals surface area contributed by atoms with Crippen molar-refractivity contribution in [2.45, 2.75) is 32.0 Å². The van der Waals surface area contributed by atoms with E-state index in [2.05, 4.69) is 4.90 Å². The molecule has 0 amide bonds. The summed E-state index contributed by atoms with van der Waals surface area (Å²) >= 11 is 0. The van der Waals surface area contributed by atoms with Crippen LogP contribution >= 0.6 is 24.8 Å². The first-order valence-corrected chi connectivity index (χ1v) is 8.90. The molecule has 148 valence electrons. The van der Waals surface area contributed by atoms with Gasteiger partial charge < -0.3 is 23.6 Å². The Labute approximate surface area is 170 Å². The number of rotatable bonds is 6. The molecule has 0 saturated carbocycles. The van der Waals surface area contributed by atoms with Crippen molar-refractivity contribution in [1.29, 1.82) is 5.41 Å². The molecule has 3 aromatic rings. The molecule has 0 aliphatic carbocycles. The monoisotopic (exact) mass is 412 g/mol. The van der Waals surface area contributed by atoms with Gasteiger partial charge in [0.05, 0.1) is 23.8 Å². The number of furan rings is 1. The van der Waals surface area contributed by atoms with Crippen LogP contribution in [0.2, 0.25) is 0 Å². The van der Waals surface area contributed by atoms with E-state index < -0.39 is 6.10 Å². The quantitative estimate of drug-likeness (QED) is 0.652. The second kappa shape index (κ2) is 9.46. The number of aromatic nitrogens is 2. The maximum atomic E-state index is 10.4. The number of aliphatic hydroxyl groups excluding tert-OH is 1. The molecule has 3 heterocycles. The number of likely N-dealkylation sites (tertiary alicyclic amines) is 1. The van der Waals surface area contributed by atoms with E-state index in [1.807, 2.05) is 33.4 Å². The van der Waals surface area contributed by atoms with E-state index >= 15 is 0 Å². The summed E-state index contributed by atoms with van der Waals surface area (Å²) in [5.41, 5.74) is 2.43. The lowest BCUT2D eigenvalue weighted by molar-refractivity contribution is 0.129. The molecule has 1 atom stereocenters. The molecule has 0 bridgehead atoms. The van der Waals surface area contributed by atoms with Crippen LogP contribution in [0.15, 0.2) is 47.1 Å². The topological polar surface area (TPSA) is 70.3 Å². The molecule has 4 rings (SSSR count). The van der Waals surface area contributed by atoms with Crippen LogP contribution in [0.5, 0.6) is 0 Å². The molecule has 27 heavy (non-hydrogen) atoms. The average molecular weight is 413 g/mol.